The van der Waals surface area contributed by atoms with Gasteiger partial charge in [-0.25, -0.2) is 4.98 Å². The van der Waals surface area contributed by atoms with Crippen LogP contribution in [0.5, 0.6) is 0 Å². The molecule has 0 saturated carbocycles. The zero-order valence-electron chi connectivity index (χ0n) is 12.8. The SMILES string of the molecule is Cc1csc(NC(=O)C=Cc2ccc(C(C)(C)C)cc2)n1. The number of nitrogens with zero attached hydrogens (tertiary/aromatic N) is 1. The highest BCUT2D eigenvalue weighted by molar-refractivity contribution is 7.13. The summed E-state index contributed by atoms with van der Waals surface area (Å²) in [5.41, 5.74) is 3.34. The van der Waals surface area contributed by atoms with Crippen molar-refractivity contribution in [3.8, 4) is 0 Å². The van der Waals surface area contributed by atoms with Crippen LogP contribution in [0.1, 0.15) is 37.6 Å². The third-order valence-electron chi connectivity index (χ3n) is 3.05. The van der Waals surface area contributed by atoms with Crippen LogP contribution in [0.25, 0.3) is 6.08 Å². The molecule has 2 aromatic rings. The van der Waals surface area contributed by atoms with E-state index in [2.05, 4.69) is 43.2 Å². The Balaban J connectivity index is 1.99. The molecule has 0 atom stereocenters. The molecular formula is C17H20N2OS. The quantitative estimate of drug-likeness (QED) is 0.854. The van der Waals surface area contributed by atoms with Crippen molar-refractivity contribution >= 4 is 28.5 Å². The summed E-state index contributed by atoms with van der Waals surface area (Å²) in [7, 11) is 0. The zero-order valence-corrected chi connectivity index (χ0v) is 13.6. The van der Waals surface area contributed by atoms with Crippen LogP contribution in [-0.4, -0.2) is 10.9 Å². The molecule has 0 aliphatic rings. The number of thiazole rings is 1. The van der Waals surface area contributed by atoms with E-state index in [0.29, 0.717) is 5.13 Å². The lowest BCUT2D eigenvalue weighted by atomic mass is 9.87. The first kappa shape index (κ1) is 15.4. The summed E-state index contributed by atoms with van der Waals surface area (Å²) in [6.45, 7) is 8.45. The topological polar surface area (TPSA) is 42.0 Å². The Morgan fingerprint density at radius 1 is 1.24 bits per heavy atom. The number of anilines is 1. The van der Waals surface area contributed by atoms with E-state index in [0.717, 1.165) is 11.3 Å². The Bertz CT molecular complexity index is 648. The average Bonchev–Trinajstić information content (AvgIpc) is 2.81. The third-order valence-corrected chi connectivity index (χ3v) is 3.93. The molecule has 110 valence electrons. The average molecular weight is 300 g/mol. The van der Waals surface area contributed by atoms with Crippen LogP contribution in [0.15, 0.2) is 35.7 Å². The number of rotatable bonds is 3. The molecule has 0 radical (unpaired) electrons. The molecule has 0 aliphatic carbocycles. The maximum Gasteiger partial charge on any atom is 0.250 e. The summed E-state index contributed by atoms with van der Waals surface area (Å²) >= 11 is 1.43. The fourth-order valence-electron chi connectivity index (χ4n) is 1.82. The van der Waals surface area contributed by atoms with E-state index in [9.17, 15) is 4.79 Å². The Labute approximate surface area is 129 Å². The van der Waals surface area contributed by atoms with Crippen molar-refractivity contribution in [1.29, 1.82) is 0 Å². The summed E-state index contributed by atoms with van der Waals surface area (Å²) in [6.07, 6.45) is 3.34. The molecule has 0 spiro atoms. The fraction of sp³-hybridized carbons (Fsp3) is 0.294. The second-order valence-corrected chi connectivity index (χ2v) is 6.85. The number of hydrogen-bond donors (Lipinski definition) is 1. The van der Waals surface area contributed by atoms with Crippen LogP contribution >= 0.6 is 11.3 Å². The molecule has 1 heterocycles. The molecule has 0 bridgehead atoms. The van der Waals surface area contributed by atoms with Crippen molar-refractivity contribution < 1.29 is 4.79 Å². The number of amides is 1. The summed E-state index contributed by atoms with van der Waals surface area (Å²) in [6, 6.07) is 8.25. The van der Waals surface area contributed by atoms with Gasteiger partial charge in [-0.15, -0.1) is 11.3 Å². The van der Waals surface area contributed by atoms with Crippen molar-refractivity contribution in [1.82, 2.24) is 4.98 Å². The van der Waals surface area contributed by atoms with E-state index in [1.807, 2.05) is 30.5 Å². The van der Waals surface area contributed by atoms with Gasteiger partial charge >= 0.3 is 0 Å². The Kier molecular flexibility index (Phi) is 4.58. The molecule has 1 aromatic heterocycles. The third kappa shape index (κ3) is 4.53. The van der Waals surface area contributed by atoms with Gasteiger partial charge in [-0.1, -0.05) is 45.0 Å². The van der Waals surface area contributed by atoms with E-state index in [-0.39, 0.29) is 11.3 Å². The molecule has 4 heteroatoms. The van der Waals surface area contributed by atoms with Gasteiger partial charge in [0.05, 0.1) is 5.69 Å². The molecule has 1 N–H and O–H groups in total. The minimum atomic E-state index is -0.163. The van der Waals surface area contributed by atoms with Crippen molar-refractivity contribution in [2.75, 3.05) is 5.32 Å². The monoisotopic (exact) mass is 300 g/mol. The van der Waals surface area contributed by atoms with E-state index in [1.54, 1.807) is 0 Å². The first-order chi connectivity index (χ1) is 9.84. The van der Waals surface area contributed by atoms with E-state index >= 15 is 0 Å². The number of aryl methyl sites for hydroxylation is 1. The van der Waals surface area contributed by atoms with Crippen molar-refractivity contribution in [3.05, 3.63) is 52.5 Å². The second-order valence-electron chi connectivity index (χ2n) is 5.99. The lowest BCUT2D eigenvalue weighted by Crippen LogP contribution is -2.10. The van der Waals surface area contributed by atoms with Crippen LogP contribution in [-0.2, 0) is 10.2 Å². The number of carbonyl (C=O) groups excluding carboxylic acids is 1. The van der Waals surface area contributed by atoms with Gasteiger partial charge in [0.25, 0.3) is 0 Å². The molecule has 2 rings (SSSR count). The van der Waals surface area contributed by atoms with E-state index in [1.165, 1.54) is 23.0 Å². The highest BCUT2D eigenvalue weighted by atomic mass is 32.1. The predicted octanol–water partition coefficient (Wildman–Crippen LogP) is 4.40. The largest absolute Gasteiger partial charge is 0.298 e. The number of hydrogen-bond acceptors (Lipinski definition) is 3. The maximum atomic E-state index is 11.8. The van der Waals surface area contributed by atoms with Crippen LogP contribution in [0.2, 0.25) is 0 Å². The van der Waals surface area contributed by atoms with Gasteiger partial charge in [0.1, 0.15) is 0 Å². The van der Waals surface area contributed by atoms with Gasteiger partial charge in [-0.3, -0.25) is 10.1 Å². The zero-order chi connectivity index (χ0) is 15.5. The van der Waals surface area contributed by atoms with E-state index in [4.69, 9.17) is 0 Å². The van der Waals surface area contributed by atoms with Gasteiger partial charge in [0, 0.05) is 11.5 Å². The molecule has 0 unspecified atom stereocenters. The first-order valence-electron chi connectivity index (χ1n) is 6.86. The Morgan fingerprint density at radius 2 is 1.90 bits per heavy atom. The van der Waals surface area contributed by atoms with Gasteiger partial charge in [-0.2, -0.15) is 0 Å². The molecule has 0 aliphatic heterocycles. The summed E-state index contributed by atoms with van der Waals surface area (Å²) in [4.78, 5) is 16.0. The standard InChI is InChI=1S/C17H20N2OS/c1-12-11-21-16(18-12)19-15(20)10-7-13-5-8-14(9-6-13)17(2,3)4/h5-11H,1-4H3,(H,18,19,20). The fourth-order valence-corrected chi connectivity index (χ4v) is 2.52. The van der Waals surface area contributed by atoms with Gasteiger partial charge in [0.2, 0.25) is 5.91 Å². The summed E-state index contributed by atoms with van der Waals surface area (Å²) in [5.74, 6) is -0.163. The molecule has 21 heavy (non-hydrogen) atoms. The summed E-state index contributed by atoms with van der Waals surface area (Å²) < 4.78 is 0. The molecule has 1 aromatic carbocycles. The normalized spacial score (nSPS) is 11.8. The van der Waals surface area contributed by atoms with Crippen molar-refractivity contribution in [3.63, 3.8) is 0 Å². The number of benzene rings is 1. The lowest BCUT2D eigenvalue weighted by Gasteiger charge is -2.18. The minimum Gasteiger partial charge on any atom is -0.298 e. The van der Waals surface area contributed by atoms with Crippen LogP contribution in [0, 0.1) is 6.92 Å². The smallest absolute Gasteiger partial charge is 0.250 e. The van der Waals surface area contributed by atoms with E-state index < -0.39 is 0 Å². The molecule has 1 amide bonds. The number of nitrogens with one attached hydrogen (secondary N) is 1. The first-order valence-corrected chi connectivity index (χ1v) is 7.74. The summed E-state index contributed by atoms with van der Waals surface area (Å²) in [5, 5.41) is 5.29. The lowest BCUT2D eigenvalue weighted by molar-refractivity contribution is -0.111. The highest BCUT2D eigenvalue weighted by Gasteiger charge is 2.12. The minimum absolute atomic E-state index is 0.141. The second kappa shape index (κ2) is 6.22. The van der Waals surface area contributed by atoms with Crippen LogP contribution < -0.4 is 5.32 Å². The predicted molar refractivity (Wildman–Crippen MR) is 89.7 cm³/mol. The van der Waals surface area contributed by atoms with Gasteiger partial charge in [-0.05, 0) is 29.5 Å². The number of carbonyl (C=O) groups is 1. The molecule has 0 saturated heterocycles. The molecule has 0 fully saturated rings. The Morgan fingerprint density at radius 3 is 2.43 bits per heavy atom. The maximum absolute atomic E-state index is 11.8. The van der Waals surface area contributed by atoms with Gasteiger partial charge in [0.15, 0.2) is 5.13 Å². The molecule has 3 nitrogen and oxygen atoms in total. The van der Waals surface area contributed by atoms with Crippen molar-refractivity contribution in [2.45, 2.75) is 33.1 Å². The van der Waals surface area contributed by atoms with Gasteiger partial charge < -0.3 is 0 Å². The number of aromatic nitrogens is 1. The van der Waals surface area contributed by atoms with Crippen molar-refractivity contribution in [2.24, 2.45) is 0 Å². The highest BCUT2D eigenvalue weighted by Crippen LogP contribution is 2.22. The van der Waals surface area contributed by atoms with Crippen LogP contribution in [0.3, 0.4) is 0 Å². The molecular weight excluding hydrogens is 280 g/mol. The Hall–Kier alpha value is -1.94. The van der Waals surface area contributed by atoms with Crippen LogP contribution in [0.4, 0.5) is 5.13 Å².